The van der Waals surface area contributed by atoms with Gasteiger partial charge in [-0.05, 0) is 85.8 Å². The Morgan fingerprint density at radius 2 is 1.73 bits per heavy atom. The highest BCUT2D eigenvalue weighted by atomic mass is 19.4. The molecule has 4 rings (SSSR count). The van der Waals surface area contributed by atoms with E-state index in [0.717, 1.165) is 69.1 Å². The zero-order valence-electron chi connectivity index (χ0n) is 23.9. The molecule has 4 aromatic rings. The molecular formula is C32H35F3N2O4. The third-order valence-corrected chi connectivity index (χ3v) is 6.41. The Bertz CT molecular complexity index is 1470. The minimum atomic E-state index is -4.33. The molecule has 3 aromatic carbocycles. The minimum absolute atomic E-state index is 0.0881. The molecule has 0 bridgehead atoms. The normalized spacial score (nSPS) is 10.9. The molecule has 9 heteroatoms. The van der Waals surface area contributed by atoms with E-state index in [-0.39, 0.29) is 19.5 Å². The summed E-state index contributed by atoms with van der Waals surface area (Å²) in [6.07, 6.45) is -1.35. The number of nitrogens with zero attached hydrogens (tertiary/aromatic N) is 1. The van der Waals surface area contributed by atoms with Crippen molar-refractivity contribution >= 4 is 23.1 Å². The van der Waals surface area contributed by atoms with Crippen LogP contribution >= 0.6 is 0 Å². The van der Waals surface area contributed by atoms with Gasteiger partial charge in [0.2, 0.25) is 0 Å². The zero-order valence-corrected chi connectivity index (χ0v) is 23.9. The van der Waals surface area contributed by atoms with E-state index in [9.17, 15) is 18.0 Å². The number of fused-ring (bicyclic) bond motifs is 1. The zero-order chi connectivity index (χ0) is 30.0. The van der Waals surface area contributed by atoms with Crippen LogP contribution in [0.4, 0.5) is 18.9 Å². The highest BCUT2D eigenvalue weighted by molar-refractivity contribution is 5.87. The maximum Gasteiger partial charge on any atom is 0.416 e. The molecule has 41 heavy (non-hydrogen) atoms. The van der Waals surface area contributed by atoms with E-state index < -0.39 is 11.7 Å². The van der Waals surface area contributed by atoms with Gasteiger partial charge in [0, 0.05) is 30.7 Å². The van der Waals surface area contributed by atoms with Crippen LogP contribution < -0.4 is 14.8 Å². The first kappa shape index (κ1) is 31.3. The lowest BCUT2D eigenvalue weighted by molar-refractivity contribution is -0.137. The number of halogens is 3. The van der Waals surface area contributed by atoms with Gasteiger partial charge < -0.3 is 19.5 Å². The van der Waals surface area contributed by atoms with E-state index in [1.807, 2.05) is 26.1 Å². The number of anilines is 1. The molecule has 0 saturated carbocycles. The van der Waals surface area contributed by atoms with Gasteiger partial charge >= 0.3 is 6.18 Å². The number of carbonyl (C=O) groups is 1. The molecule has 6 nitrogen and oxygen atoms in total. The molecule has 0 fully saturated rings. The molecule has 218 valence electrons. The Balaban J connectivity index is 0.000000263. The molecule has 0 atom stereocenters. The predicted octanol–water partition coefficient (Wildman–Crippen LogP) is 8.07. The first-order valence-electron chi connectivity index (χ1n) is 13.3. The summed E-state index contributed by atoms with van der Waals surface area (Å²) in [4.78, 5) is 14.3. The van der Waals surface area contributed by atoms with Crippen LogP contribution in [0.1, 0.15) is 41.7 Å². The molecule has 0 spiro atoms. The van der Waals surface area contributed by atoms with Crippen molar-refractivity contribution in [2.24, 2.45) is 0 Å². The van der Waals surface area contributed by atoms with Gasteiger partial charge in [0.05, 0.1) is 24.3 Å². The number of carbonyl (C=O) groups excluding carboxylic acids is 1. The average Bonchev–Trinajstić information content (AvgIpc) is 2.95. The number of nitrogens with one attached hydrogen (secondary N) is 1. The number of alkyl halides is 3. The summed E-state index contributed by atoms with van der Waals surface area (Å²) in [7, 11) is 1.93. The van der Waals surface area contributed by atoms with Crippen LogP contribution in [0.5, 0.6) is 17.2 Å². The van der Waals surface area contributed by atoms with Crippen molar-refractivity contribution < 1.29 is 32.2 Å². The number of aryl methyl sites for hydroxylation is 3. The lowest BCUT2D eigenvalue weighted by Gasteiger charge is -2.16. The van der Waals surface area contributed by atoms with Crippen molar-refractivity contribution in [3.05, 3.63) is 88.6 Å². The van der Waals surface area contributed by atoms with Gasteiger partial charge in [0.15, 0.2) is 0 Å². The number of hydrogen-bond acceptors (Lipinski definition) is 6. The molecule has 1 N–H and O–H groups in total. The average molecular weight is 569 g/mol. The third kappa shape index (κ3) is 8.36. The van der Waals surface area contributed by atoms with Crippen LogP contribution in [0.25, 0.3) is 10.9 Å². The quantitative estimate of drug-likeness (QED) is 0.154. The second-order valence-corrected chi connectivity index (χ2v) is 9.27. The Morgan fingerprint density at radius 3 is 2.39 bits per heavy atom. The van der Waals surface area contributed by atoms with Gasteiger partial charge in [-0.3, -0.25) is 9.78 Å². The Labute approximate surface area is 238 Å². The van der Waals surface area contributed by atoms with Gasteiger partial charge in [0.1, 0.15) is 17.2 Å². The Morgan fingerprint density at radius 1 is 0.951 bits per heavy atom. The van der Waals surface area contributed by atoms with Gasteiger partial charge in [-0.15, -0.1) is 0 Å². The van der Waals surface area contributed by atoms with Crippen molar-refractivity contribution in [2.75, 3.05) is 25.6 Å². The van der Waals surface area contributed by atoms with Gasteiger partial charge in [-0.1, -0.05) is 25.1 Å². The highest BCUT2D eigenvalue weighted by Crippen LogP contribution is 2.36. The number of rotatable bonds is 10. The highest BCUT2D eigenvalue weighted by Gasteiger charge is 2.30. The fourth-order valence-electron chi connectivity index (χ4n) is 4.26. The summed E-state index contributed by atoms with van der Waals surface area (Å²) < 4.78 is 53.3. The van der Waals surface area contributed by atoms with Crippen molar-refractivity contribution in [3.63, 3.8) is 0 Å². The van der Waals surface area contributed by atoms with Gasteiger partial charge in [-0.2, -0.15) is 13.2 Å². The Kier molecular flexibility index (Phi) is 11.0. The lowest BCUT2D eigenvalue weighted by atomic mass is 10.1. The minimum Gasteiger partial charge on any atom is -0.494 e. The SMILES string of the molecule is CCOc1cc2c(Oc3cc(C)c(NC)cc3C)ccnc2cc1CC.O=COCCc1cccc(C(F)(F)F)c1. The fraction of sp³-hybridized carbons (Fsp3) is 0.312. The summed E-state index contributed by atoms with van der Waals surface area (Å²) in [6.45, 7) is 9.25. The summed E-state index contributed by atoms with van der Waals surface area (Å²) in [5.74, 6) is 2.55. The van der Waals surface area contributed by atoms with Crippen molar-refractivity contribution in [1.82, 2.24) is 4.98 Å². The fourth-order valence-corrected chi connectivity index (χ4v) is 4.26. The summed E-state index contributed by atoms with van der Waals surface area (Å²) in [5.41, 5.74) is 5.23. The van der Waals surface area contributed by atoms with Crippen LogP contribution in [0.15, 0.2) is 60.8 Å². The van der Waals surface area contributed by atoms with Crippen LogP contribution in [0.3, 0.4) is 0 Å². The number of pyridine rings is 1. The molecule has 0 saturated heterocycles. The third-order valence-electron chi connectivity index (χ3n) is 6.41. The summed E-state index contributed by atoms with van der Waals surface area (Å²) in [5, 5.41) is 4.17. The number of ether oxygens (including phenoxy) is 3. The van der Waals surface area contributed by atoms with E-state index in [0.29, 0.717) is 12.2 Å². The summed E-state index contributed by atoms with van der Waals surface area (Å²) >= 11 is 0. The number of hydrogen-bond donors (Lipinski definition) is 1. The van der Waals surface area contributed by atoms with Crippen LogP contribution in [-0.4, -0.2) is 31.7 Å². The second kappa shape index (κ2) is 14.4. The van der Waals surface area contributed by atoms with Gasteiger partial charge in [-0.25, -0.2) is 0 Å². The van der Waals surface area contributed by atoms with E-state index in [2.05, 4.69) is 54.0 Å². The monoisotopic (exact) mass is 568 g/mol. The lowest BCUT2D eigenvalue weighted by Crippen LogP contribution is -2.06. The van der Waals surface area contributed by atoms with Crippen LogP contribution in [0, 0.1) is 13.8 Å². The number of aromatic nitrogens is 1. The molecule has 0 aliphatic carbocycles. The maximum absolute atomic E-state index is 12.3. The standard InChI is InChI=1S/C22H26N2O2.C10H9F3O2/c1-6-16-12-19-17(13-22(16)25-7-2)20(8-9-24-19)26-21-11-14(3)18(23-5)10-15(21)4;11-10(12,13)9-3-1-2-8(6-9)4-5-15-7-14/h8-13,23H,6-7H2,1-5H3;1-3,6-7H,4-5H2. The molecule has 1 heterocycles. The first-order valence-corrected chi connectivity index (χ1v) is 13.3. The second-order valence-electron chi connectivity index (χ2n) is 9.27. The molecule has 1 aromatic heterocycles. The molecule has 0 amide bonds. The van der Waals surface area contributed by atoms with Crippen LogP contribution in [-0.2, 0) is 28.5 Å². The molecule has 0 aliphatic heterocycles. The van der Waals surface area contributed by atoms with Crippen LogP contribution in [0.2, 0.25) is 0 Å². The largest absolute Gasteiger partial charge is 0.494 e. The smallest absolute Gasteiger partial charge is 0.416 e. The summed E-state index contributed by atoms with van der Waals surface area (Å²) in [6, 6.07) is 15.2. The van der Waals surface area contributed by atoms with E-state index in [1.54, 1.807) is 12.3 Å². The molecule has 0 radical (unpaired) electrons. The van der Waals surface area contributed by atoms with E-state index >= 15 is 0 Å². The topological polar surface area (TPSA) is 69.7 Å². The van der Waals surface area contributed by atoms with Gasteiger partial charge in [0.25, 0.3) is 6.47 Å². The Hall–Kier alpha value is -4.27. The number of benzene rings is 3. The van der Waals surface area contributed by atoms with Crippen molar-refractivity contribution in [1.29, 1.82) is 0 Å². The maximum atomic E-state index is 12.3. The van der Waals surface area contributed by atoms with E-state index in [1.165, 1.54) is 6.07 Å². The molecular weight excluding hydrogens is 533 g/mol. The predicted molar refractivity (Wildman–Crippen MR) is 155 cm³/mol. The van der Waals surface area contributed by atoms with Crippen molar-refractivity contribution in [3.8, 4) is 17.2 Å². The van der Waals surface area contributed by atoms with Crippen molar-refractivity contribution in [2.45, 2.75) is 46.7 Å². The first-order chi connectivity index (χ1) is 19.6. The molecule has 0 aliphatic rings. The molecule has 0 unspecified atom stereocenters. The van der Waals surface area contributed by atoms with E-state index in [4.69, 9.17) is 9.47 Å².